The molecule has 15 heteroatoms. The molecular formula is C40H50ClN9O5. The molecule has 0 radical (unpaired) electrons. The standard InChI is InChI=1S/C40H50ClN9O5/c1-2-3-15-35(51)47-33(22-26-16-18-28(41)19-17-26)38(54)50-34(21-25-10-5-4-6-11-25)39(55)48-31(14-9-20-45-40(43)44)37(53)49-32(36(42)52)23-27-24-46-30-13-8-7-12-29(27)30/h4-8,10-13,16-19,24,31-34,46H,2-3,9,14-15,20-23H2,1H3,(H2,42,52)(H,47,51)(H,48,55)(H,49,53)(H,50,54)(H4,43,44,45)/t31-,32-,33-,34-/m0/s1. The van der Waals surface area contributed by atoms with E-state index in [0.29, 0.717) is 17.9 Å². The van der Waals surface area contributed by atoms with Gasteiger partial charge in [-0.2, -0.15) is 0 Å². The van der Waals surface area contributed by atoms with Crippen LogP contribution in [0.4, 0.5) is 0 Å². The molecule has 14 nitrogen and oxygen atoms in total. The summed E-state index contributed by atoms with van der Waals surface area (Å²) >= 11 is 6.08. The molecule has 0 aliphatic carbocycles. The van der Waals surface area contributed by atoms with Crippen LogP contribution in [0.25, 0.3) is 10.9 Å². The highest BCUT2D eigenvalue weighted by atomic mass is 35.5. The number of primary amides is 1. The number of guanidine groups is 1. The van der Waals surface area contributed by atoms with Crippen LogP contribution in [0.15, 0.2) is 90.1 Å². The van der Waals surface area contributed by atoms with Crippen molar-refractivity contribution in [1.29, 1.82) is 0 Å². The second kappa shape index (κ2) is 21.1. The number of nitrogens with two attached hydrogens (primary N) is 3. The molecular weight excluding hydrogens is 722 g/mol. The zero-order valence-corrected chi connectivity index (χ0v) is 31.6. The van der Waals surface area contributed by atoms with Gasteiger partial charge in [-0.3, -0.25) is 29.0 Å². The molecule has 1 aromatic heterocycles. The lowest BCUT2D eigenvalue weighted by Crippen LogP contribution is -2.59. The van der Waals surface area contributed by atoms with Gasteiger partial charge in [0.25, 0.3) is 0 Å². The number of hydrogen-bond donors (Lipinski definition) is 8. The van der Waals surface area contributed by atoms with Crippen molar-refractivity contribution in [2.24, 2.45) is 22.2 Å². The Balaban J connectivity index is 1.58. The van der Waals surface area contributed by atoms with Crippen molar-refractivity contribution in [3.63, 3.8) is 0 Å². The van der Waals surface area contributed by atoms with Gasteiger partial charge in [0, 0.05) is 54.4 Å². The molecule has 4 rings (SSSR count). The normalized spacial score (nSPS) is 13.1. The lowest BCUT2D eigenvalue weighted by atomic mass is 10.0. The molecule has 0 aliphatic heterocycles. The topological polar surface area (TPSA) is 240 Å². The van der Waals surface area contributed by atoms with E-state index < -0.39 is 47.8 Å². The van der Waals surface area contributed by atoms with Crippen LogP contribution in [0.3, 0.4) is 0 Å². The summed E-state index contributed by atoms with van der Waals surface area (Å²) in [5, 5.41) is 12.6. The van der Waals surface area contributed by atoms with Crippen LogP contribution in [0.1, 0.15) is 55.7 Å². The van der Waals surface area contributed by atoms with Crippen molar-refractivity contribution in [3.05, 3.63) is 107 Å². The first-order valence-electron chi connectivity index (χ1n) is 18.3. The number of nitrogens with zero attached hydrogens (tertiary/aromatic N) is 1. The number of H-pyrrole nitrogens is 1. The van der Waals surface area contributed by atoms with Crippen molar-refractivity contribution in [3.8, 4) is 0 Å². The number of carbonyl (C=O) groups excluding carboxylic acids is 5. The predicted molar refractivity (Wildman–Crippen MR) is 214 cm³/mol. The summed E-state index contributed by atoms with van der Waals surface area (Å²) in [7, 11) is 0. The molecule has 1 heterocycles. The van der Waals surface area contributed by atoms with Crippen molar-refractivity contribution in [1.82, 2.24) is 26.3 Å². The molecule has 4 atom stereocenters. The molecule has 0 aliphatic rings. The van der Waals surface area contributed by atoms with Crippen LogP contribution in [-0.2, 0) is 43.2 Å². The first-order chi connectivity index (χ1) is 26.4. The summed E-state index contributed by atoms with van der Waals surface area (Å²) in [6.07, 6.45) is 4.13. The van der Waals surface area contributed by atoms with E-state index in [2.05, 4.69) is 31.2 Å². The Bertz CT molecular complexity index is 1930. The van der Waals surface area contributed by atoms with Crippen molar-refractivity contribution in [2.45, 2.75) is 82.5 Å². The highest BCUT2D eigenvalue weighted by molar-refractivity contribution is 6.30. The van der Waals surface area contributed by atoms with Gasteiger partial charge >= 0.3 is 0 Å². The number of amides is 5. The maximum atomic E-state index is 14.2. The van der Waals surface area contributed by atoms with Gasteiger partial charge in [-0.1, -0.05) is 85.6 Å². The van der Waals surface area contributed by atoms with Gasteiger partial charge in [-0.25, -0.2) is 0 Å². The molecule has 11 N–H and O–H groups in total. The van der Waals surface area contributed by atoms with Gasteiger partial charge < -0.3 is 43.5 Å². The lowest BCUT2D eigenvalue weighted by molar-refractivity contribution is -0.134. The summed E-state index contributed by atoms with van der Waals surface area (Å²) in [5.74, 6) is -3.08. The van der Waals surface area contributed by atoms with E-state index in [9.17, 15) is 24.0 Å². The number of aliphatic imine (C=N–C) groups is 1. The summed E-state index contributed by atoms with van der Waals surface area (Å²) in [6.45, 7) is 2.13. The van der Waals surface area contributed by atoms with E-state index in [0.717, 1.165) is 34.0 Å². The van der Waals surface area contributed by atoms with E-state index in [1.54, 1.807) is 42.6 Å². The maximum absolute atomic E-state index is 14.2. The molecule has 0 saturated carbocycles. The fourth-order valence-electron chi connectivity index (χ4n) is 6.06. The Morgan fingerprint density at radius 2 is 1.27 bits per heavy atom. The van der Waals surface area contributed by atoms with Crippen LogP contribution in [0.2, 0.25) is 5.02 Å². The summed E-state index contributed by atoms with van der Waals surface area (Å²) in [6, 6.07) is 19.0. The second-order valence-electron chi connectivity index (χ2n) is 13.3. The predicted octanol–water partition coefficient (Wildman–Crippen LogP) is 2.52. The monoisotopic (exact) mass is 771 g/mol. The third kappa shape index (κ3) is 13.5. The van der Waals surface area contributed by atoms with Crippen LogP contribution in [-0.4, -0.2) is 71.2 Å². The number of para-hydroxylation sites is 1. The van der Waals surface area contributed by atoms with Crippen LogP contribution >= 0.6 is 11.6 Å². The highest BCUT2D eigenvalue weighted by Gasteiger charge is 2.31. The van der Waals surface area contributed by atoms with Gasteiger partial charge in [-0.15, -0.1) is 0 Å². The molecule has 0 spiro atoms. The minimum atomic E-state index is -1.17. The van der Waals surface area contributed by atoms with E-state index in [1.165, 1.54) is 0 Å². The largest absolute Gasteiger partial charge is 0.370 e. The number of aromatic nitrogens is 1. The van der Waals surface area contributed by atoms with E-state index >= 15 is 0 Å². The number of fused-ring (bicyclic) bond motifs is 1. The molecule has 0 saturated heterocycles. The summed E-state index contributed by atoms with van der Waals surface area (Å²) < 4.78 is 0. The molecule has 292 valence electrons. The molecule has 3 aromatic carbocycles. The minimum absolute atomic E-state index is 0.0721. The molecule has 5 amide bonds. The van der Waals surface area contributed by atoms with Crippen molar-refractivity contribution >= 4 is 58.0 Å². The van der Waals surface area contributed by atoms with Gasteiger partial charge in [0.15, 0.2) is 5.96 Å². The summed E-state index contributed by atoms with van der Waals surface area (Å²) in [5.41, 5.74) is 19.9. The Morgan fingerprint density at radius 3 is 1.93 bits per heavy atom. The smallest absolute Gasteiger partial charge is 0.243 e. The lowest BCUT2D eigenvalue weighted by Gasteiger charge is -2.26. The zero-order valence-electron chi connectivity index (χ0n) is 30.9. The van der Waals surface area contributed by atoms with Crippen LogP contribution in [0.5, 0.6) is 0 Å². The number of nitrogens with one attached hydrogen (secondary N) is 5. The number of unbranched alkanes of at least 4 members (excludes halogenated alkanes) is 1. The quantitative estimate of drug-likeness (QED) is 0.0357. The van der Waals surface area contributed by atoms with E-state index in [1.807, 2.05) is 49.4 Å². The first kappa shape index (κ1) is 41.9. The van der Waals surface area contributed by atoms with Gasteiger partial charge in [0.1, 0.15) is 24.2 Å². The van der Waals surface area contributed by atoms with Crippen LogP contribution in [0, 0.1) is 0 Å². The SMILES string of the molecule is CCCCC(=O)N[C@@H](Cc1ccc(Cl)cc1)C(=O)N[C@@H](Cc1ccccc1)C(=O)N[C@@H](CCCN=C(N)N)C(=O)N[C@@H](Cc1c[nH]c2ccccc12)C(N)=O. The van der Waals surface area contributed by atoms with Gasteiger partial charge in [0.05, 0.1) is 0 Å². The molecule has 4 aromatic rings. The van der Waals surface area contributed by atoms with Crippen LogP contribution < -0.4 is 38.5 Å². The summed E-state index contributed by atoms with van der Waals surface area (Å²) in [4.78, 5) is 74.7. The Labute approximate surface area is 325 Å². The number of aromatic amines is 1. The minimum Gasteiger partial charge on any atom is -0.370 e. The van der Waals surface area contributed by atoms with Crippen molar-refractivity contribution < 1.29 is 24.0 Å². The first-order valence-corrected chi connectivity index (χ1v) is 18.7. The Hall–Kier alpha value is -5.89. The van der Waals surface area contributed by atoms with Gasteiger partial charge in [0.2, 0.25) is 29.5 Å². The molecule has 0 unspecified atom stereocenters. The Morgan fingerprint density at radius 1 is 0.691 bits per heavy atom. The highest BCUT2D eigenvalue weighted by Crippen LogP contribution is 2.19. The molecule has 55 heavy (non-hydrogen) atoms. The number of halogens is 1. The van der Waals surface area contributed by atoms with Gasteiger partial charge in [-0.05, 0) is 54.2 Å². The second-order valence-corrected chi connectivity index (χ2v) is 13.8. The fourth-order valence-corrected chi connectivity index (χ4v) is 6.19. The molecule has 0 bridgehead atoms. The number of rotatable bonds is 21. The molecule has 0 fully saturated rings. The number of hydrogen-bond acceptors (Lipinski definition) is 6. The average Bonchev–Trinajstić information content (AvgIpc) is 3.57. The Kier molecular flexibility index (Phi) is 16.1. The maximum Gasteiger partial charge on any atom is 0.243 e. The third-order valence-corrected chi connectivity index (χ3v) is 9.27. The zero-order chi connectivity index (χ0) is 39.7. The third-order valence-electron chi connectivity index (χ3n) is 9.01. The fraction of sp³-hybridized carbons (Fsp3) is 0.350. The number of carbonyl (C=O) groups is 5. The number of benzene rings is 3. The van der Waals surface area contributed by atoms with E-state index in [4.69, 9.17) is 28.8 Å². The average molecular weight is 772 g/mol. The van der Waals surface area contributed by atoms with Crippen molar-refractivity contribution in [2.75, 3.05) is 6.54 Å². The van der Waals surface area contributed by atoms with E-state index in [-0.39, 0.29) is 50.5 Å².